The van der Waals surface area contributed by atoms with Gasteiger partial charge in [-0.2, -0.15) is 0 Å². The molecular formula is C15H25BO5Si. The van der Waals surface area contributed by atoms with Crippen LogP contribution in [0.2, 0.25) is 0 Å². The van der Waals surface area contributed by atoms with Gasteiger partial charge in [0.25, 0.3) is 0 Å². The van der Waals surface area contributed by atoms with Crippen molar-refractivity contribution in [2.75, 3.05) is 21.3 Å². The number of rotatable bonds is 5. The quantitative estimate of drug-likeness (QED) is 0.758. The summed E-state index contributed by atoms with van der Waals surface area (Å²) in [4.78, 5) is 0. The molecule has 0 unspecified atom stereocenters. The van der Waals surface area contributed by atoms with E-state index in [2.05, 4.69) is 0 Å². The third-order valence-electron chi connectivity index (χ3n) is 4.57. The first-order chi connectivity index (χ1) is 10.2. The summed E-state index contributed by atoms with van der Waals surface area (Å²) in [6.45, 7) is 8.15. The molecule has 0 aliphatic carbocycles. The average Bonchev–Trinajstić information content (AvgIpc) is 2.70. The van der Waals surface area contributed by atoms with E-state index in [1.54, 1.807) is 21.3 Å². The van der Waals surface area contributed by atoms with E-state index in [-0.39, 0.29) is 11.2 Å². The molecule has 7 heteroatoms. The number of benzene rings is 1. The summed E-state index contributed by atoms with van der Waals surface area (Å²) in [5.41, 5.74) is 0.192. The fourth-order valence-corrected chi connectivity index (χ4v) is 4.31. The first kappa shape index (κ1) is 17.7. The number of hydrogen-bond donors (Lipinski definition) is 0. The molecule has 0 radical (unpaired) electrons. The van der Waals surface area contributed by atoms with Crippen molar-refractivity contribution in [2.45, 2.75) is 38.9 Å². The molecule has 0 spiro atoms. The first-order valence-electron chi connectivity index (χ1n) is 7.33. The van der Waals surface area contributed by atoms with Crippen LogP contribution in [0, 0.1) is 0 Å². The highest BCUT2D eigenvalue weighted by atomic mass is 28.4. The zero-order chi connectivity index (χ0) is 16.6. The summed E-state index contributed by atoms with van der Waals surface area (Å²) < 4.78 is 28.8. The van der Waals surface area contributed by atoms with Crippen LogP contribution in [0.3, 0.4) is 0 Å². The molecule has 0 atom stereocenters. The van der Waals surface area contributed by atoms with Gasteiger partial charge in [-0.15, -0.1) is 0 Å². The molecule has 122 valence electrons. The summed E-state index contributed by atoms with van der Waals surface area (Å²) in [6, 6.07) is 7.84. The molecule has 1 saturated heterocycles. The molecule has 0 amide bonds. The number of hydrogen-bond acceptors (Lipinski definition) is 5. The molecule has 1 fully saturated rings. The smallest absolute Gasteiger partial charge is 0.399 e. The van der Waals surface area contributed by atoms with Gasteiger partial charge in [0.2, 0.25) is 0 Å². The van der Waals surface area contributed by atoms with Crippen LogP contribution in [0.5, 0.6) is 0 Å². The van der Waals surface area contributed by atoms with Gasteiger partial charge in [0.1, 0.15) is 0 Å². The maximum atomic E-state index is 6.09. The van der Waals surface area contributed by atoms with Crippen LogP contribution in [-0.2, 0) is 22.6 Å². The van der Waals surface area contributed by atoms with Gasteiger partial charge in [-0.25, -0.2) is 0 Å². The van der Waals surface area contributed by atoms with Crippen molar-refractivity contribution in [3.63, 3.8) is 0 Å². The lowest BCUT2D eigenvalue weighted by atomic mass is 9.79. The van der Waals surface area contributed by atoms with Crippen LogP contribution in [-0.4, -0.2) is 48.5 Å². The van der Waals surface area contributed by atoms with E-state index in [0.29, 0.717) is 0 Å². The zero-order valence-corrected chi connectivity index (χ0v) is 15.4. The molecule has 0 saturated carbocycles. The fraction of sp³-hybridized carbons (Fsp3) is 0.600. The SMILES string of the molecule is CO[Si](OC)(OC)c1cccc(B2OC(C)(C)C(C)(C)O2)c1. The standard InChI is InChI=1S/C15H25BO5Si/c1-14(2)15(3,4)21-16(20-14)12-9-8-10-13(11-12)22(17-5,18-6)19-7/h8-11H,1-7H3. The maximum absolute atomic E-state index is 6.09. The summed E-state index contributed by atoms with van der Waals surface area (Å²) in [6.07, 6.45) is 0. The third kappa shape index (κ3) is 2.89. The first-order valence-corrected chi connectivity index (χ1v) is 9.05. The molecule has 1 aliphatic heterocycles. The van der Waals surface area contributed by atoms with Crippen LogP contribution in [0.4, 0.5) is 0 Å². The monoisotopic (exact) mass is 324 g/mol. The lowest BCUT2D eigenvalue weighted by Crippen LogP contribution is -2.56. The highest BCUT2D eigenvalue weighted by molar-refractivity contribution is 6.76. The second-order valence-corrected chi connectivity index (χ2v) is 9.30. The molecule has 1 heterocycles. The Morgan fingerprint density at radius 3 is 1.86 bits per heavy atom. The molecule has 1 aromatic rings. The predicted molar refractivity (Wildman–Crippen MR) is 88.6 cm³/mol. The summed E-state index contributed by atoms with van der Waals surface area (Å²) in [5.74, 6) is 0. The topological polar surface area (TPSA) is 46.2 Å². The summed E-state index contributed by atoms with van der Waals surface area (Å²) in [7, 11) is 1.52. The minimum Gasteiger partial charge on any atom is -0.399 e. The Morgan fingerprint density at radius 2 is 1.41 bits per heavy atom. The molecule has 0 bridgehead atoms. The van der Waals surface area contributed by atoms with Gasteiger partial charge in [0.05, 0.1) is 11.2 Å². The van der Waals surface area contributed by atoms with Gasteiger partial charge in [-0.3, -0.25) is 0 Å². The van der Waals surface area contributed by atoms with Crippen molar-refractivity contribution < 1.29 is 22.6 Å². The van der Waals surface area contributed by atoms with Gasteiger partial charge in [0.15, 0.2) is 0 Å². The van der Waals surface area contributed by atoms with Crippen LogP contribution in [0.15, 0.2) is 24.3 Å². The van der Waals surface area contributed by atoms with Crippen molar-refractivity contribution in [1.82, 2.24) is 0 Å². The minimum absolute atomic E-state index is 0.369. The second kappa shape index (κ2) is 6.07. The summed E-state index contributed by atoms with van der Waals surface area (Å²) >= 11 is 0. The third-order valence-corrected chi connectivity index (χ3v) is 7.20. The molecule has 2 rings (SSSR count). The van der Waals surface area contributed by atoms with E-state index in [9.17, 15) is 0 Å². The van der Waals surface area contributed by atoms with E-state index in [0.717, 1.165) is 10.6 Å². The molecule has 1 aliphatic rings. The van der Waals surface area contributed by atoms with Crippen molar-refractivity contribution in [2.24, 2.45) is 0 Å². The summed E-state index contributed by atoms with van der Waals surface area (Å²) in [5, 5.41) is 0.882. The van der Waals surface area contributed by atoms with Crippen molar-refractivity contribution in [3.05, 3.63) is 24.3 Å². The zero-order valence-electron chi connectivity index (χ0n) is 14.4. The van der Waals surface area contributed by atoms with E-state index in [1.807, 2.05) is 52.0 Å². The van der Waals surface area contributed by atoms with E-state index in [4.69, 9.17) is 22.6 Å². The van der Waals surface area contributed by atoms with Gasteiger partial charge in [-0.1, -0.05) is 24.3 Å². The van der Waals surface area contributed by atoms with Crippen LogP contribution < -0.4 is 10.6 Å². The largest absolute Gasteiger partial charge is 0.536 e. The van der Waals surface area contributed by atoms with Gasteiger partial charge in [-0.05, 0) is 33.2 Å². The van der Waals surface area contributed by atoms with Crippen LogP contribution in [0.1, 0.15) is 27.7 Å². The lowest BCUT2D eigenvalue weighted by Gasteiger charge is -2.32. The Labute approximate surface area is 134 Å². The van der Waals surface area contributed by atoms with Gasteiger partial charge in [0, 0.05) is 26.5 Å². The maximum Gasteiger partial charge on any atom is 0.536 e. The molecule has 22 heavy (non-hydrogen) atoms. The lowest BCUT2D eigenvalue weighted by molar-refractivity contribution is 0.00578. The van der Waals surface area contributed by atoms with Gasteiger partial charge < -0.3 is 22.6 Å². The Morgan fingerprint density at radius 1 is 0.909 bits per heavy atom. The fourth-order valence-electron chi connectivity index (χ4n) is 2.46. The molecule has 0 aromatic heterocycles. The van der Waals surface area contributed by atoms with E-state index >= 15 is 0 Å². The highest BCUT2D eigenvalue weighted by Crippen LogP contribution is 2.36. The van der Waals surface area contributed by atoms with Crippen LogP contribution >= 0.6 is 0 Å². The predicted octanol–water partition coefficient (Wildman–Crippen LogP) is 1.07. The Balaban J connectivity index is 2.34. The Bertz CT molecular complexity index is 506. The average molecular weight is 324 g/mol. The van der Waals surface area contributed by atoms with Crippen molar-refractivity contribution >= 4 is 26.6 Å². The Hall–Kier alpha value is -0.698. The van der Waals surface area contributed by atoms with E-state index in [1.165, 1.54) is 0 Å². The highest BCUT2D eigenvalue weighted by Gasteiger charge is 2.52. The minimum atomic E-state index is -2.86. The van der Waals surface area contributed by atoms with Crippen molar-refractivity contribution in [3.8, 4) is 0 Å². The van der Waals surface area contributed by atoms with Crippen molar-refractivity contribution in [1.29, 1.82) is 0 Å². The van der Waals surface area contributed by atoms with Crippen LogP contribution in [0.25, 0.3) is 0 Å². The molecule has 5 nitrogen and oxygen atoms in total. The van der Waals surface area contributed by atoms with E-state index < -0.39 is 15.9 Å². The molecule has 0 N–H and O–H groups in total. The Kier molecular flexibility index (Phi) is 4.87. The normalized spacial score (nSPS) is 20.4. The molecule has 1 aromatic carbocycles. The molecular weight excluding hydrogens is 299 g/mol. The van der Waals surface area contributed by atoms with Gasteiger partial charge >= 0.3 is 15.9 Å². The second-order valence-electron chi connectivity index (χ2n) is 6.38.